The van der Waals surface area contributed by atoms with Gasteiger partial charge in [-0.2, -0.15) is 0 Å². The van der Waals surface area contributed by atoms with Crippen molar-refractivity contribution in [2.75, 3.05) is 7.11 Å². The van der Waals surface area contributed by atoms with Crippen molar-refractivity contribution >= 4 is 21.4 Å². The first-order valence-corrected chi connectivity index (χ1v) is 9.26. The minimum absolute atomic E-state index is 0.257. The van der Waals surface area contributed by atoms with Crippen LogP contribution in [0.15, 0.2) is 59.3 Å². The van der Waals surface area contributed by atoms with Crippen molar-refractivity contribution in [3.63, 3.8) is 0 Å². The van der Waals surface area contributed by atoms with E-state index in [-0.39, 0.29) is 5.92 Å². The molecule has 0 aliphatic heterocycles. The molecule has 0 aliphatic carbocycles. The van der Waals surface area contributed by atoms with Crippen molar-refractivity contribution in [3.05, 3.63) is 60.6 Å². The monoisotopic (exact) mass is 365 g/mol. The Labute approximate surface area is 156 Å². The summed E-state index contributed by atoms with van der Waals surface area (Å²) in [5.74, 6) is 3.42. The summed E-state index contributed by atoms with van der Waals surface area (Å²) in [6.45, 7) is 4.21. The van der Waals surface area contributed by atoms with E-state index < -0.39 is 0 Å². The number of benzene rings is 2. The first kappa shape index (κ1) is 16.7. The van der Waals surface area contributed by atoms with Gasteiger partial charge in [-0.25, -0.2) is 4.98 Å². The number of hydrogen-bond acceptors (Lipinski definition) is 5. The number of rotatable bonds is 5. The number of aromatic nitrogens is 1. The molecule has 0 fully saturated rings. The molecule has 0 saturated heterocycles. The number of methoxy groups -OCH3 is 1. The summed E-state index contributed by atoms with van der Waals surface area (Å²) >= 11 is 1.62. The van der Waals surface area contributed by atoms with Crippen LogP contribution in [-0.2, 0) is 0 Å². The van der Waals surface area contributed by atoms with Gasteiger partial charge in [0.15, 0.2) is 17.9 Å². The Kier molecular flexibility index (Phi) is 4.39. The topological polar surface area (TPSA) is 44.5 Å². The maximum absolute atomic E-state index is 6.28. The Morgan fingerprint density at radius 1 is 1.04 bits per heavy atom. The van der Waals surface area contributed by atoms with E-state index in [2.05, 4.69) is 18.8 Å². The molecule has 2 heterocycles. The standard InChI is InChI=1S/C21H19NO3S/c1-13(2)18-20(24-12-22-18)21-19(25-14-7-5-4-6-8-14)16-10-9-15(23-3)11-17(16)26-21/h4-13H,1-3H3. The average molecular weight is 365 g/mol. The third kappa shape index (κ3) is 2.95. The summed E-state index contributed by atoms with van der Waals surface area (Å²) in [6.07, 6.45) is 1.50. The molecule has 4 aromatic rings. The minimum Gasteiger partial charge on any atom is -0.497 e. The van der Waals surface area contributed by atoms with Crippen LogP contribution in [0.3, 0.4) is 0 Å². The second kappa shape index (κ2) is 6.84. The second-order valence-corrected chi connectivity index (χ2v) is 7.31. The highest BCUT2D eigenvalue weighted by Crippen LogP contribution is 2.48. The highest BCUT2D eigenvalue weighted by atomic mass is 32.1. The third-order valence-corrected chi connectivity index (χ3v) is 5.30. The average Bonchev–Trinajstić information content (AvgIpc) is 3.27. The molecule has 0 unspecified atom stereocenters. The van der Waals surface area contributed by atoms with E-state index in [0.29, 0.717) is 0 Å². The van der Waals surface area contributed by atoms with Crippen LogP contribution in [0.1, 0.15) is 25.5 Å². The van der Waals surface area contributed by atoms with E-state index in [0.717, 1.165) is 43.7 Å². The first-order valence-electron chi connectivity index (χ1n) is 8.44. The summed E-state index contributed by atoms with van der Waals surface area (Å²) < 4.78 is 18.5. The molecular formula is C21H19NO3S. The van der Waals surface area contributed by atoms with E-state index in [4.69, 9.17) is 13.9 Å². The van der Waals surface area contributed by atoms with Gasteiger partial charge in [0.25, 0.3) is 0 Å². The van der Waals surface area contributed by atoms with Crippen molar-refractivity contribution in [3.8, 4) is 27.9 Å². The van der Waals surface area contributed by atoms with Crippen molar-refractivity contribution < 1.29 is 13.9 Å². The normalized spacial score (nSPS) is 11.2. The number of oxazole rings is 1. The van der Waals surface area contributed by atoms with Crippen LogP contribution in [0.5, 0.6) is 17.2 Å². The van der Waals surface area contributed by atoms with Crippen LogP contribution in [0.25, 0.3) is 20.7 Å². The molecule has 0 spiro atoms. The van der Waals surface area contributed by atoms with Crippen LogP contribution < -0.4 is 9.47 Å². The van der Waals surface area contributed by atoms with E-state index in [1.54, 1.807) is 18.4 Å². The summed E-state index contributed by atoms with van der Waals surface area (Å²) in [5.41, 5.74) is 0.932. The van der Waals surface area contributed by atoms with Crippen LogP contribution >= 0.6 is 11.3 Å². The zero-order chi connectivity index (χ0) is 18.1. The molecular weight excluding hydrogens is 346 g/mol. The lowest BCUT2D eigenvalue weighted by Gasteiger charge is -2.08. The molecule has 0 atom stereocenters. The van der Waals surface area contributed by atoms with Gasteiger partial charge in [-0.05, 0) is 36.2 Å². The number of nitrogens with zero attached hydrogens (tertiary/aromatic N) is 1. The van der Waals surface area contributed by atoms with Crippen molar-refractivity contribution in [1.82, 2.24) is 4.98 Å². The largest absolute Gasteiger partial charge is 0.497 e. The van der Waals surface area contributed by atoms with Crippen LogP contribution in [-0.4, -0.2) is 12.1 Å². The highest BCUT2D eigenvalue weighted by Gasteiger charge is 2.23. The zero-order valence-electron chi connectivity index (χ0n) is 14.9. The van der Waals surface area contributed by atoms with Gasteiger partial charge in [0.05, 0.1) is 12.8 Å². The summed E-state index contributed by atoms with van der Waals surface area (Å²) in [4.78, 5) is 5.35. The molecule has 4 nitrogen and oxygen atoms in total. The van der Waals surface area contributed by atoms with Crippen LogP contribution in [0.4, 0.5) is 0 Å². The number of para-hydroxylation sites is 1. The molecule has 0 radical (unpaired) electrons. The molecule has 0 saturated carbocycles. The SMILES string of the molecule is COc1ccc2c(Oc3ccccc3)c(-c3ocnc3C(C)C)sc2c1. The Hall–Kier alpha value is -2.79. The van der Waals surface area contributed by atoms with Gasteiger partial charge in [-0.1, -0.05) is 32.0 Å². The Morgan fingerprint density at radius 2 is 1.85 bits per heavy atom. The lowest BCUT2D eigenvalue weighted by molar-refractivity contribution is 0.415. The van der Waals surface area contributed by atoms with Gasteiger partial charge < -0.3 is 13.9 Å². The Balaban J connectivity index is 1.92. The zero-order valence-corrected chi connectivity index (χ0v) is 15.7. The van der Waals surface area contributed by atoms with Gasteiger partial charge in [0.2, 0.25) is 0 Å². The smallest absolute Gasteiger partial charge is 0.181 e. The quantitative estimate of drug-likeness (QED) is 0.406. The highest BCUT2D eigenvalue weighted by molar-refractivity contribution is 7.22. The van der Waals surface area contributed by atoms with Gasteiger partial charge in [0.1, 0.15) is 16.4 Å². The summed E-state index contributed by atoms with van der Waals surface area (Å²) in [7, 11) is 1.67. The fourth-order valence-electron chi connectivity index (χ4n) is 2.87. The molecule has 5 heteroatoms. The van der Waals surface area contributed by atoms with Crippen LogP contribution in [0, 0.1) is 0 Å². The number of fused-ring (bicyclic) bond motifs is 1. The number of ether oxygens (including phenoxy) is 2. The summed E-state index contributed by atoms with van der Waals surface area (Å²) in [5, 5.41) is 1.03. The van der Waals surface area contributed by atoms with Crippen molar-refractivity contribution in [2.45, 2.75) is 19.8 Å². The molecule has 0 N–H and O–H groups in total. The molecule has 26 heavy (non-hydrogen) atoms. The molecule has 0 amide bonds. The molecule has 4 rings (SSSR count). The lowest BCUT2D eigenvalue weighted by atomic mass is 10.1. The molecule has 0 aliphatic rings. The summed E-state index contributed by atoms with van der Waals surface area (Å²) in [6, 6.07) is 15.8. The van der Waals surface area contributed by atoms with Gasteiger partial charge in [-0.15, -0.1) is 11.3 Å². The predicted octanol–water partition coefficient (Wildman–Crippen LogP) is 6.48. The van der Waals surface area contributed by atoms with Gasteiger partial charge in [0, 0.05) is 10.1 Å². The Morgan fingerprint density at radius 3 is 2.58 bits per heavy atom. The molecule has 132 valence electrons. The maximum Gasteiger partial charge on any atom is 0.181 e. The first-order chi connectivity index (χ1) is 12.7. The number of hydrogen-bond donors (Lipinski definition) is 0. The Bertz CT molecular complexity index is 1030. The number of thiophene rings is 1. The van der Waals surface area contributed by atoms with Gasteiger partial charge >= 0.3 is 0 Å². The molecule has 0 bridgehead atoms. The van der Waals surface area contributed by atoms with E-state index in [1.807, 2.05) is 48.5 Å². The third-order valence-electron chi connectivity index (χ3n) is 4.16. The van der Waals surface area contributed by atoms with Crippen LogP contribution in [0.2, 0.25) is 0 Å². The fraction of sp³-hybridized carbons (Fsp3) is 0.190. The van der Waals surface area contributed by atoms with Gasteiger partial charge in [-0.3, -0.25) is 0 Å². The molecule has 2 aromatic carbocycles. The lowest BCUT2D eigenvalue weighted by Crippen LogP contribution is -1.91. The minimum atomic E-state index is 0.257. The van der Waals surface area contributed by atoms with Crippen molar-refractivity contribution in [2.24, 2.45) is 0 Å². The second-order valence-electron chi connectivity index (χ2n) is 6.26. The molecule has 2 aromatic heterocycles. The maximum atomic E-state index is 6.28. The van der Waals surface area contributed by atoms with E-state index in [1.165, 1.54) is 6.39 Å². The van der Waals surface area contributed by atoms with Crippen molar-refractivity contribution in [1.29, 1.82) is 0 Å². The fourth-order valence-corrected chi connectivity index (χ4v) is 4.03. The van der Waals surface area contributed by atoms with E-state index in [9.17, 15) is 0 Å². The van der Waals surface area contributed by atoms with E-state index >= 15 is 0 Å². The predicted molar refractivity (Wildman–Crippen MR) is 104 cm³/mol.